The van der Waals surface area contributed by atoms with E-state index in [0.717, 1.165) is 22.4 Å². The van der Waals surface area contributed by atoms with Crippen LogP contribution in [0.2, 0.25) is 5.02 Å². The molecule has 2 N–H and O–H groups in total. The Labute approximate surface area is 154 Å². The number of rotatable bonds is 3. The number of fused-ring (bicyclic) bond motifs is 1. The number of allylic oxidation sites excluding steroid dienone is 1. The molecule has 1 aliphatic heterocycles. The maximum Gasteiger partial charge on any atom is 0.218 e. The number of hydrogen-bond acceptors (Lipinski definition) is 3. The van der Waals surface area contributed by atoms with Crippen LogP contribution in [0.5, 0.6) is 5.88 Å². The average Bonchev–Trinajstić information content (AvgIpc) is 3.14. The van der Waals surface area contributed by atoms with Gasteiger partial charge in [0.05, 0.1) is 12.2 Å². The third-order valence-corrected chi connectivity index (χ3v) is 4.67. The van der Waals surface area contributed by atoms with E-state index < -0.39 is 0 Å². The molecule has 4 rings (SSSR count). The van der Waals surface area contributed by atoms with Crippen molar-refractivity contribution in [2.24, 2.45) is 4.99 Å². The van der Waals surface area contributed by atoms with Crippen molar-refractivity contribution in [2.75, 3.05) is 0 Å². The summed E-state index contributed by atoms with van der Waals surface area (Å²) in [6.07, 6.45) is 3.65. The van der Waals surface area contributed by atoms with E-state index in [0.29, 0.717) is 22.0 Å². The van der Waals surface area contributed by atoms with Crippen molar-refractivity contribution in [1.29, 1.82) is 0 Å². The monoisotopic (exact) mass is 367 g/mol. The van der Waals surface area contributed by atoms with E-state index in [1.165, 1.54) is 0 Å². The quantitative estimate of drug-likeness (QED) is 0.624. The molecule has 0 amide bonds. The van der Waals surface area contributed by atoms with Crippen LogP contribution >= 0.6 is 23.8 Å². The van der Waals surface area contributed by atoms with Gasteiger partial charge in [-0.3, -0.25) is 9.56 Å². The van der Waals surface area contributed by atoms with Gasteiger partial charge < -0.3 is 10.1 Å². The molecule has 1 aliphatic rings. The van der Waals surface area contributed by atoms with Crippen molar-refractivity contribution >= 4 is 47.4 Å². The van der Waals surface area contributed by atoms with Gasteiger partial charge in [0, 0.05) is 22.4 Å². The van der Waals surface area contributed by atoms with E-state index in [9.17, 15) is 5.11 Å². The van der Waals surface area contributed by atoms with Crippen molar-refractivity contribution in [2.45, 2.75) is 6.54 Å². The molecule has 0 saturated carbocycles. The van der Waals surface area contributed by atoms with Crippen LogP contribution in [0.3, 0.4) is 0 Å². The molecule has 1 aromatic heterocycles. The highest BCUT2D eigenvalue weighted by Crippen LogP contribution is 2.33. The first-order valence-electron chi connectivity index (χ1n) is 7.73. The lowest BCUT2D eigenvalue weighted by atomic mass is 10.1. The van der Waals surface area contributed by atoms with Gasteiger partial charge in [-0.15, -0.1) is 0 Å². The first kappa shape index (κ1) is 15.9. The Bertz CT molecular complexity index is 1060. The summed E-state index contributed by atoms with van der Waals surface area (Å²) in [7, 11) is 0. The zero-order valence-corrected chi connectivity index (χ0v) is 14.7. The first-order valence-corrected chi connectivity index (χ1v) is 8.52. The number of hydrogen-bond donors (Lipinski definition) is 2. The second kappa shape index (κ2) is 6.35. The van der Waals surface area contributed by atoms with Crippen LogP contribution in [0.1, 0.15) is 16.8 Å². The molecule has 0 aliphatic carbocycles. The Morgan fingerprint density at radius 3 is 2.72 bits per heavy atom. The van der Waals surface area contributed by atoms with Crippen molar-refractivity contribution in [3.63, 3.8) is 0 Å². The molecule has 0 spiro atoms. The topological polar surface area (TPSA) is 53.3 Å². The number of aliphatic imine (C=N–C) groups is 1. The van der Waals surface area contributed by atoms with Gasteiger partial charge in [0.15, 0.2) is 4.77 Å². The summed E-state index contributed by atoms with van der Waals surface area (Å²) in [5.41, 5.74) is 4.46. The van der Waals surface area contributed by atoms with E-state index in [-0.39, 0.29) is 5.88 Å². The molecule has 3 aromatic rings. The number of benzene rings is 2. The minimum Gasteiger partial charge on any atom is -0.493 e. The second-order valence-corrected chi connectivity index (χ2v) is 6.58. The van der Waals surface area contributed by atoms with Crippen LogP contribution in [0.25, 0.3) is 11.6 Å². The highest BCUT2D eigenvalue weighted by atomic mass is 35.5. The minimum absolute atomic E-state index is 0.102. The van der Waals surface area contributed by atoms with E-state index in [1.54, 1.807) is 10.8 Å². The molecule has 0 radical (unpaired) electrons. The Kier molecular flexibility index (Phi) is 4.03. The van der Waals surface area contributed by atoms with Crippen LogP contribution in [-0.4, -0.2) is 20.9 Å². The summed E-state index contributed by atoms with van der Waals surface area (Å²) in [4.78, 5) is 7.44. The summed E-state index contributed by atoms with van der Waals surface area (Å²) in [5.74, 6) is 0.102. The van der Waals surface area contributed by atoms with Crippen molar-refractivity contribution in [1.82, 2.24) is 9.55 Å². The highest BCUT2D eigenvalue weighted by Gasteiger charge is 2.15. The Balaban J connectivity index is 1.69. The van der Waals surface area contributed by atoms with Crippen molar-refractivity contribution in [3.05, 3.63) is 75.1 Å². The Hall–Kier alpha value is -2.63. The van der Waals surface area contributed by atoms with Crippen LogP contribution in [0.4, 0.5) is 5.69 Å². The number of nitrogens with zero attached hydrogens (tertiary/aromatic N) is 2. The summed E-state index contributed by atoms with van der Waals surface area (Å²) in [6, 6.07) is 15.3. The number of imidazole rings is 1. The number of aromatic nitrogens is 2. The standard InChI is InChI=1S/C19H14ClN3OS/c20-14-7-5-12(6-8-14)11-23-18(24)17(22-19(23)25)9-13-10-21-16-4-2-1-3-15(13)16/h1-10,24H,11H2,(H,22,25). The number of aromatic amines is 1. The predicted octanol–water partition coefficient (Wildman–Crippen LogP) is 5.21. The maximum absolute atomic E-state index is 10.6. The summed E-state index contributed by atoms with van der Waals surface area (Å²) in [5, 5.41) is 11.3. The molecule has 25 heavy (non-hydrogen) atoms. The molecule has 124 valence electrons. The van der Waals surface area contributed by atoms with Gasteiger partial charge in [0.1, 0.15) is 5.69 Å². The van der Waals surface area contributed by atoms with Crippen molar-refractivity contribution < 1.29 is 5.11 Å². The molecule has 6 heteroatoms. The summed E-state index contributed by atoms with van der Waals surface area (Å²) < 4.78 is 2.12. The molecular weight excluding hydrogens is 354 g/mol. The Morgan fingerprint density at radius 2 is 1.92 bits per heavy atom. The Morgan fingerprint density at radius 1 is 1.16 bits per heavy atom. The second-order valence-electron chi connectivity index (χ2n) is 5.76. The van der Waals surface area contributed by atoms with Gasteiger partial charge in [0.25, 0.3) is 0 Å². The lowest BCUT2D eigenvalue weighted by molar-refractivity contribution is 0.422. The van der Waals surface area contributed by atoms with E-state index in [1.807, 2.05) is 54.6 Å². The van der Waals surface area contributed by atoms with E-state index in [4.69, 9.17) is 23.8 Å². The van der Waals surface area contributed by atoms with E-state index in [2.05, 4.69) is 9.98 Å². The van der Waals surface area contributed by atoms with Crippen LogP contribution in [0.15, 0.2) is 53.5 Å². The molecular formula is C19H14ClN3OS. The minimum atomic E-state index is 0.102. The van der Waals surface area contributed by atoms with E-state index >= 15 is 0 Å². The molecule has 0 saturated heterocycles. The van der Waals surface area contributed by atoms with Gasteiger partial charge in [-0.05, 0) is 42.1 Å². The zero-order valence-electron chi connectivity index (χ0n) is 13.1. The first-order chi connectivity index (χ1) is 12.1. The predicted molar refractivity (Wildman–Crippen MR) is 104 cm³/mol. The lowest BCUT2D eigenvalue weighted by Gasteiger charge is -2.05. The highest BCUT2D eigenvalue weighted by molar-refractivity contribution is 7.71. The fourth-order valence-corrected chi connectivity index (χ4v) is 3.20. The molecule has 0 atom stereocenters. The molecule has 0 bridgehead atoms. The summed E-state index contributed by atoms with van der Waals surface area (Å²) in [6.45, 7) is 0.464. The zero-order chi connectivity index (χ0) is 17.4. The fraction of sp³-hybridized carbons (Fsp3) is 0.0526. The smallest absolute Gasteiger partial charge is 0.218 e. The third-order valence-electron chi connectivity index (χ3n) is 4.09. The number of aromatic hydroxyl groups is 1. The SMILES string of the molecule is Oc1c(C=C2C=Nc3ccccc32)[nH]c(=S)n1Cc1ccc(Cl)cc1. The van der Waals surface area contributed by atoms with Gasteiger partial charge in [-0.25, -0.2) is 0 Å². The van der Waals surface area contributed by atoms with Crippen LogP contribution in [0, 0.1) is 4.77 Å². The van der Waals surface area contributed by atoms with Gasteiger partial charge >= 0.3 is 0 Å². The molecule has 2 heterocycles. The largest absolute Gasteiger partial charge is 0.493 e. The summed E-state index contributed by atoms with van der Waals surface area (Å²) >= 11 is 11.3. The molecule has 4 nitrogen and oxygen atoms in total. The van der Waals surface area contributed by atoms with Crippen molar-refractivity contribution in [3.8, 4) is 5.88 Å². The number of para-hydroxylation sites is 1. The average molecular weight is 368 g/mol. The number of nitrogens with one attached hydrogen (secondary N) is 1. The lowest BCUT2D eigenvalue weighted by Crippen LogP contribution is -1.99. The van der Waals surface area contributed by atoms with Gasteiger partial charge in [0.2, 0.25) is 5.88 Å². The fourth-order valence-electron chi connectivity index (χ4n) is 2.81. The number of H-pyrrole nitrogens is 1. The van der Waals surface area contributed by atoms with Crippen LogP contribution in [-0.2, 0) is 6.54 Å². The molecule has 2 aromatic carbocycles. The molecule has 0 unspecified atom stereocenters. The molecule has 0 fully saturated rings. The van der Waals surface area contributed by atoms with Gasteiger partial charge in [-0.1, -0.05) is 41.9 Å². The third kappa shape index (κ3) is 3.04. The normalized spacial score (nSPS) is 14.2. The van der Waals surface area contributed by atoms with Gasteiger partial charge in [-0.2, -0.15) is 0 Å². The maximum atomic E-state index is 10.6. The number of halogens is 1. The van der Waals surface area contributed by atoms with Crippen LogP contribution < -0.4 is 0 Å².